The van der Waals surface area contributed by atoms with Gasteiger partial charge in [0.15, 0.2) is 0 Å². The molecule has 0 unspecified atom stereocenters. The molecule has 0 spiro atoms. The smallest absolute Gasteiger partial charge is 0.266 e. The van der Waals surface area contributed by atoms with E-state index in [9.17, 15) is 4.79 Å². The Bertz CT molecular complexity index is 501. The molecule has 0 amide bonds. The van der Waals surface area contributed by atoms with Crippen molar-refractivity contribution in [2.24, 2.45) is 0 Å². The van der Waals surface area contributed by atoms with Gasteiger partial charge in [-0.2, -0.15) is 5.26 Å². The molecule has 0 aromatic carbocycles. The number of H-pyrrole nitrogens is 1. The number of halogens is 1. The predicted octanol–water partition coefficient (Wildman–Crippen LogP) is 0.774. The van der Waals surface area contributed by atoms with Gasteiger partial charge in [-0.25, -0.2) is 4.98 Å². The van der Waals surface area contributed by atoms with Gasteiger partial charge in [0.2, 0.25) is 0 Å². The van der Waals surface area contributed by atoms with Gasteiger partial charge in [0, 0.05) is 19.1 Å². The van der Waals surface area contributed by atoms with E-state index in [1.54, 1.807) is 0 Å². The molecule has 2 N–H and O–H groups in total. The van der Waals surface area contributed by atoms with Gasteiger partial charge < -0.3 is 10.3 Å². The number of aromatic amines is 1. The number of nitrogens with zero attached hydrogens (tertiary/aromatic N) is 3. The van der Waals surface area contributed by atoms with E-state index in [1.807, 2.05) is 22.6 Å². The van der Waals surface area contributed by atoms with E-state index < -0.39 is 0 Å². The number of nitrogens with one attached hydrogen (secondary N) is 2. The average molecular weight is 359 g/mol. The number of nitriles is 1. The van der Waals surface area contributed by atoms with Crippen LogP contribution >= 0.6 is 22.6 Å². The quantitative estimate of drug-likeness (QED) is 0.615. The fourth-order valence-corrected chi connectivity index (χ4v) is 2.46. The van der Waals surface area contributed by atoms with Crippen LogP contribution in [0.1, 0.15) is 12.8 Å². The number of hydrogen-bond acceptors (Lipinski definition) is 5. The van der Waals surface area contributed by atoms with Crippen LogP contribution in [-0.4, -0.2) is 40.5 Å². The molecule has 1 aromatic heterocycles. The molecule has 0 atom stereocenters. The van der Waals surface area contributed by atoms with Crippen LogP contribution in [0.5, 0.6) is 0 Å². The van der Waals surface area contributed by atoms with Gasteiger partial charge in [0.25, 0.3) is 5.56 Å². The van der Waals surface area contributed by atoms with Gasteiger partial charge in [0.1, 0.15) is 9.39 Å². The van der Waals surface area contributed by atoms with E-state index in [2.05, 4.69) is 26.3 Å². The summed E-state index contributed by atoms with van der Waals surface area (Å²) in [6.07, 6.45) is 3.34. The normalized spacial score (nSPS) is 17.3. The molecule has 2 rings (SSSR count). The summed E-state index contributed by atoms with van der Waals surface area (Å²) in [5.41, 5.74) is -0.116. The topological polar surface area (TPSA) is 84.8 Å². The first-order chi connectivity index (χ1) is 8.70. The summed E-state index contributed by atoms with van der Waals surface area (Å²) in [6.45, 7) is 2.31. The molecule has 0 saturated carbocycles. The zero-order chi connectivity index (χ0) is 13.0. The zero-order valence-electron chi connectivity index (χ0n) is 9.82. The van der Waals surface area contributed by atoms with Crippen molar-refractivity contribution >= 4 is 28.4 Å². The summed E-state index contributed by atoms with van der Waals surface area (Å²) in [7, 11) is 0. The maximum Gasteiger partial charge on any atom is 0.266 e. The Kier molecular flexibility index (Phi) is 4.54. The lowest BCUT2D eigenvalue weighted by molar-refractivity contribution is 0.242. The third kappa shape index (κ3) is 3.20. The first-order valence-electron chi connectivity index (χ1n) is 5.79. The van der Waals surface area contributed by atoms with E-state index in [0.29, 0.717) is 22.0 Å². The summed E-state index contributed by atoms with van der Waals surface area (Å²) < 4.78 is 0.592. The van der Waals surface area contributed by atoms with Crippen molar-refractivity contribution in [3.63, 3.8) is 0 Å². The van der Waals surface area contributed by atoms with Gasteiger partial charge in [0.05, 0.1) is 18.9 Å². The van der Waals surface area contributed by atoms with Crippen molar-refractivity contribution in [1.29, 1.82) is 5.26 Å². The summed E-state index contributed by atoms with van der Waals surface area (Å²) in [5.74, 6) is 0.651. The molecule has 7 heteroatoms. The molecule has 1 saturated heterocycles. The first kappa shape index (κ1) is 13.3. The molecular weight excluding hydrogens is 345 g/mol. The van der Waals surface area contributed by atoms with E-state index in [0.717, 1.165) is 25.9 Å². The maximum absolute atomic E-state index is 11.4. The number of piperidine rings is 1. The third-order valence-corrected chi connectivity index (χ3v) is 4.02. The van der Waals surface area contributed by atoms with Crippen LogP contribution in [0.2, 0.25) is 0 Å². The van der Waals surface area contributed by atoms with Gasteiger partial charge in [-0.3, -0.25) is 9.69 Å². The van der Waals surface area contributed by atoms with Crippen LogP contribution < -0.4 is 10.9 Å². The number of hydrogen-bond donors (Lipinski definition) is 2. The fourth-order valence-electron chi connectivity index (χ4n) is 2.01. The molecule has 1 aliphatic heterocycles. The van der Waals surface area contributed by atoms with E-state index >= 15 is 0 Å². The second kappa shape index (κ2) is 6.15. The Morgan fingerprint density at radius 1 is 1.61 bits per heavy atom. The Morgan fingerprint density at radius 3 is 3.00 bits per heavy atom. The average Bonchev–Trinajstić information content (AvgIpc) is 2.38. The van der Waals surface area contributed by atoms with E-state index in [4.69, 9.17) is 5.26 Å². The van der Waals surface area contributed by atoms with Crippen molar-refractivity contribution in [1.82, 2.24) is 14.9 Å². The summed E-state index contributed by atoms with van der Waals surface area (Å²) in [4.78, 5) is 20.3. The van der Waals surface area contributed by atoms with Crippen LogP contribution in [0.15, 0.2) is 11.1 Å². The fraction of sp³-hybridized carbons (Fsp3) is 0.545. The monoisotopic (exact) mass is 359 g/mol. The van der Waals surface area contributed by atoms with Crippen molar-refractivity contribution in [2.75, 3.05) is 25.0 Å². The molecule has 18 heavy (non-hydrogen) atoms. The minimum absolute atomic E-state index is 0.116. The second-order valence-electron chi connectivity index (χ2n) is 4.25. The molecule has 0 radical (unpaired) electrons. The number of likely N-dealkylation sites (tertiary alicyclic amines) is 1. The Labute approximate surface area is 119 Å². The maximum atomic E-state index is 11.4. The van der Waals surface area contributed by atoms with Gasteiger partial charge in [-0.05, 0) is 35.4 Å². The zero-order valence-corrected chi connectivity index (χ0v) is 12.0. The van der Waals surface area contributed by atoms with Crippen molar-refractivity contribution < 1.29 is 0 Å². The molecule has 0 bridgehead atoms. The van der Waals surface area contributed by atoms with Crippen LogP contribution in [-0.2, 0) is 0 Å². The lowest BCUT2D eigenvalue weighted by Crippen LogP contribution is -2.39. The summed E-state index contributed by atoms with van der Waals surface area (Å²) in [6, 6.07) is 2.49. The minimum Gasteiger partial charge on any atom is -0.366 e. The highest BCUT2D eigenvalue weighted by atomic mass is 127. The lowest BCUT2D eigenvalue weighted by atomic mass is 10.1. The SMILES string of the molecule is N#CCN1CCC(Nc2nc[nH]c(=O)c2I)CC1. The Hall–Kier alpha value is -1.14. The number of anilines is 1. The van der Waals surface area contributed by atoms with Crippen molar-refractivity contribution in [3.8, 4) is 6.07 Å². The number of aromatic nitrogens is 2. The van der Waals surface area contributed by atoms with Gasteiger partial charge >= 0.3 is 0 Å². The molecule has 2 heterocycles. The lowest BCUT2D eigenvalue weighted by Gasteiger charge is -2.31. The molecule has 96 valence electrons. The molecular formula is C11H14IN5O. The highest BCUT2D eigenvalue weighted by Gasteiger charge is 2.20. The van der Waals surface area contributed by atoms with Crippen LogP contribution in [0.3, 0.4) is 0 Å². The predicted molar refractivity (Wildman–Crippen MR) is 76.3 cm³/mol. The minimum atomic E-state index is -0.116. The van der Waals surface area contributed by atoms with Gasteiger partial charge in [-0.15, -0.1) is 0 Å². The molecule has 1 aliphatic rings. The van der Waals surface area contributed by atoms with E-state index in [1.165, 1.54) is 6.33 Å². The Balaban J connectivity index is 1.94. The Morgan fingerprint density at radius 2 is 2.33 bits per heavy atom. The number of rotatable bonds is 3. The molecule has 1 aromatic rings. The van der Waals surface area contributed by atoms with Crippen molar-refractivity contribution in [2.45, 2.75) is 18.9 Å². The van der Waals surface area contributed by atoms with Crippen LogP contribution in [0.25, 0.3) is 0 Å². The highest BCUT2D eigenvalue weighted by Crippen LogP contribution is 2.16. The summed E-state index contributed by atoms with van der Waals surface area (Å²) in [5, 5.41) is 11.9. The van der Waals surface area contributed by atoms with Crippen molar-refractivity contribution in [3.05, 3.63) is 20.3 Å². The molecule has 1 fully saturated rings. The highest BCUT2D eigenvalue weighted by molar-refractivity contribution is 14.1. The third-order valence-electron chi connectivity index (χ3n) is 3.02. The van der Waals surface area contributed by atoms with Crippen LogP contribution in [0.4, 0.5) is 5.82 Å². The van der Waals surface area contributed by atoms with E-state index in [-0.39, 0.29) is 5.56 Å². The summed E-state index contributed by atoms with van der Waals surface area (Å²) >= 11 is 2.00. The molecule has 6 nitrogen and oxygen atoms in total. The molecule has 0 aliphatic carbocycles. The second-order valence-corrected chi connectivity index (χ2v) is 5.33. The standard InChI is InChI=1S/C11H14IN5O/c12-9-10(14-7-15-11(9)18)16-8-1-4-17(5-2-8)6-3-13/h7-8H,1-2,4-6H2,(H2,14,15,16,18). The van der Waals surface area contributed by atoms with Gasteiger partial charge in [-0.1, -0.05) is 0 Å². The largest absolute Gasteiger partial charge is 0.366 e. The van der Waals surface area contributed by atoms with Crippen LogP contribution in [0, 0.1) is 14.9 Å². The first-order valence-corrected chi connectivity index (χ1v) is 6.87.